The molecular weight excluding hydrogens is 194 g/mol. The highest BCUT2D eigenvalue weighted by Crippen LogP contribution is 2.16. The number of nitrogens with one attached hydrogen (secondary N) is 1. The molecule has 1 unspecified atom stereocenters. The quantitative estimate of drug-likeness (QED) is 0.548. The minimum absolute atomic E-state index is 0.975. The van der Waals surface area contributed by atoms with Crippen LogP contribution in [0.4, 0.5) is 0 Å². The molecule has 16 heavy (non-hydrogen) atoms. The average molecular weight is 229 g/mol. The van der Waals surface area contributed by atoms with Gasteiger partial charge in [0.05, 0.1) is 0 Å². The van der Waals surface area contributed by atoms with E-state index in [1.807, 2.05) is 14.1 Å². The first-order chi connectivity index (χ1) is 7.72. The lowest BCUT2D eigenvalue weighted by Gasteiger charge is -2.10. The molecule has 0 aliphatic carbocycles. The van der Waals surface area contributed by atoms with E-state index in [0.29, 0.717) is 0 Å². The maximum atomic E-state index is 2.75. The molecule has 0 amide bonds. The van der Waals surface area contributed by atoms with E-state index in [0.717, 1.165) is 5.92 Å². The van der Waals surface area contributed by atoms with Crippen LogP contribution in [0.1, 0.15) is 78.6 Å². The summed E-state index contributed by atoms with van der Waals surface area (Å²) in [6, 6.07) is 0. The van der Waals surface area contributed by atoms with E-state index < -0.39 is 0 Å². The van der Waals surface area contributed by atoms with Gasteiger partial charge in [0.25, 0.3) is 0 Å². The van der Waals surface area contributed by atoms with Gasteiger partial charge in [-0.25, -0.2) is 0 Å². The van der Waals surface area contributed by atoms with Crippen LogP contribution in [0.5, 0.6) is 0 Å². The molecule has 0 aromatic rings. The molecule has 1 nitrogen and oxygen atoms in total. The summed E-state index contributed by atoms with van der Waals surface area (Å²) in [5, 5.41) is 2.75. The molecule has 0 saturated heterocycles. The van der Waals surface area contributed by atoms with Crippen molar-refractivity contribution in [3.8, 4) is 0 Å². The van der Waals surface area contributed by atoms with Gasteiger partial charge in [0.2, 0.25) is 0 Å². The predicted octanol–water partition coefficient (Wildman–Crippen LogP) is 5.01. The van der Waals surface area contributed by atoms with Crippen molar-refractivity contribution in [3.63, 3.8) is 0 Å². The van der Waals surface area contributed by atoms with Crippen LogP contribution in [0.2, 0.25) is 0 Å². The number of hydrogen-bond donors (Lipinski definition) is 1. The van der Waals surface area contributed by atoms with Crippen LogP contribution in [0.3, 0.4) is 0 Å². The Morgan fingerprint density at radius 3 is 1.56 bits per heavy atom. The number of rotatable bonds is 9. The summed E-state index contributed by atoms with van der Waals surface area (Å²) in [6.45, 7) is 6.98. The lowest BCUT2D eigenvalue weighted by atomic mass is 9.97. The Labute approximate surface area is 104 Å². The van der Waals surface area contributed by atoms with Crippen molar-refractivity contribution in [2.75, 3.05) is 14.1 Å². The Balaban J connectivity index is 0. The Morgan fingerprint density at radius 1 is 0.750 bits per heavy atom. The number of hydrogen-bond acceptors (Lipinski definition) is 1. The molecule has 0 aliphatic heterocycles. The van der Waals surface area contributed by atoms with Gasteiger partial charge < -0.3 is 5.32 Å². The van der Waals surface area contributed by atoms with Crippen LogP contribution < -0.4 is 5.32 Å². The summed E-state index contributed by atoms with van der Waals surface area (Å²) in [6.07, 6.45) is 12.9. The second-order valence-electron chi connectivity index (χ2n) is 4.95. The van der Waals surface area contributed by atoms with Gasteiger partial charge >= 0.3 is 0 Å². The maximum absolute atomic E-state index is 2.75. The first-order valence-corrected chi connectivity index (χ1v) is 7.31. The molecule has 0 radical (unpaired) electrons. The zero-order valence-corrected chi connectivity index (χ0v) is 12.4. The van der Waals surface area contributed by atoms with Gasteiger partial charge in [-0.1, -0.05) is 78.6 Å². The van der Waals surface area contributed by atoms with Gasteiger partial charge in [0.1, 0.15) is 0 Å². The molecule has 0 fully saturated rings. The first-order valence-electron chi connectivity index (χ1n) is 7.31. The van der Waals surface area contributed by atoms with Crippen molar-refractivity contribution in [1.29, 1.82) is 0 Å². The van der Waals surface area contributed by atoms with Gasteiger partial charge in [0.15, 0.2) is 0 Å². The molecule has 0 aromatic heterocycles. The lowest BCUT2D eigenvalue weighted by molar-refractivity contribution is 0.439. The predicted molar refractivity (Wildman–Crippen MR) is 77.0 cm³/mol. The minimum atomic E-state index is 0.975. The third-order valence-electron chi connectivity index (χ3n) is 2.85. The summed E-state index contributed by atoms with van der Waals surface area (Å²) in [5.41, 5.74) is 0. The Kier molecular flexibility index (Phi) is 19.9. The molecule has 0 rings (SSSR count). The average Bonchev–Trinajstić information content (AvgIpc) is 2.26. The molecular formula is C15H35N. The third kappa shape index (κ3) is 19.5. The third-order valence-corrected chi connectivity index (χ3v) is 2.85. The van der Waals surface area contributed by atoms with Crippen molar-refractivity contribution in [3.05, 3.63) is 0 Å². The highest BCUT2D eigenvalue weighted by Gasteiger charge is 2.00. The van der Waals surface area contributed by atoms with Crippen LogP contribution in [-0.2, 0) is 0 Å². The standard InChI is InChI=1S/C13H28.C2H7N/c1-4-6-8-10-12-13(3)11-9-7-5-2;1-3-2/h13H,4-12H2,1-3H3;3H,1-2H3. The number of unbranched alkanes of at least 4 members (excludes halogenated alkanes) is 5. The largest absolute Gasteiger partial charge is 0.323 e. The van der Waals surface area contributed by atoms with Gasteiger partial charge in [0, 0.05) is 0 Å². The van der Waals surface area contributed by atoms with E-state index in [1.54, 1.807) is 0 Å². The highest BCUT2D eigenvalue weighted by atomic mass is 14.7. The molecule has 1 N–H and O–H groups in total. The summed E-state index contributed by atoms with van der Waals surface area (Å²) in [5.74, 6) is 0.975. The Bertz CT molecular complexity index is 102. The monoisotopic (exact) mass is 229 g/mol. The van der Waals surface area contributed by atoms with E-state index in [9.17, 15) is 0 Å². The van der Waals surface area contributed by atoms with Crippen molar-refractivity contribution in [2.24, 2.45) is 5.92 Å². The van der Waals surface area contributed by atoms with Gasteiger partial charge in [-0.05, 0) is 20.0 Å². The molecule has 0 spiro atoms. The Hall–Kier alpha value is -0.0400. The fraction of sp³-hybridized carbons (Fsp3) is 1.00. The van der Waals surface area contributed by atoms with Crippen LogP contribution in [0.15, 0.2) is 0 Å². The van der Waals surface area contributed by atoms with E-state index in [-0.39, 0.29) is 0 Å². The van der Waals surface area contributed by atoms with E-state index in [1.165, 1.54) is 57.8 Å². The second-order valence-corrected chi connectivity index (χ2v) is 4.95. The molecule has 1 atom stereocenters. The van der Waals surface area contributed by atoms with Crippen LogP contribution in [-0.4, -0.2) is 14.1 Å². The fourth-order valence-corrected chi connectivity index (χ4v) is 1.81. The SMILES string of the molecule is CCCCCCC(C)CCCCC.CNC. The Morgan fingerprint density at radius 2 is 1.12 bits per heavy atom. The minimum Gasteiger partial charge on any atom is -0.323 e. The van der Waals surface area contributed by atoms with Crippen LogP contribution >= 0.6 is 0 Å². The van der Waals surface area contributed by atoms with Gasteiger partial charge in [-0.3, -0.25) is 0 Å². The zero-order valence-electron chi connectivity index (χ0n) is 12.4. The smallest absolute Gasteiger partial charge is 0.0167 e. The van der Waals surface area contributed by atoms with Crippen molar-refractivity contribution in [1.82, 2.24) is 5.32 Å². The summed E-state index contributed by atoms with van der Waals surface area (Å²) < 4.78 is 0. The fourth-order valence-electron chi connectivity index (χ4n) is 1.81. The molecule has 0 heterocycles. The van der Waals surface area contributed by atoms with Crippen LogP contribution in [0, 0.1) is 5.92 Å². The van der Waals surface area contributed by atoms with E-state index in [2.05, 4.69) is 26.1 Å². The van der Waals surface area contributed by atoms with Crippen LogP contribution in [0.25, 0.3) is 0 Å². The summed E-state index contributed by atoms with van der Waals surface area (Å²) in [7, 11) is 3.75. The molecule has 100 valence electrons. The summed E-state index contributed by atoms with van der Waals surface area (Å²) in [4.78, 5) is 0. The normalized spacial score (nSPS) is 11.8. The zero-order chi connectivity index (χ0) is 12.6. The topological polar surface area (TPSA) is 12.0 Å². The molecule has 0 aromatic carbocycles. The highest BCUT2D eigenvalue weighted by molar-refractivity contribution is 4.54. The maximum Gasteiger partial charge on any atom is -0.0167 e. The van der Waals surface area contributed by atoms with E-state index in [4.69, 9.17) is 0 Å². The van der Waals surface area contributed by atoms with Crippen molar-refractivity contribution in [2.45, 2.75) is 78.6 Å². The molecule has 1 heteroatoms. The van der Waals surface area contributed by atoms with E-state index >= 15 is 0 Å². The van der Waals surface area contributed by atoms with Gasteiger partial charge in [-0.2, -0.15) is 0 Å². The van der Waals surface area contributed by atoms with Crippen molar-refractivity contribution >= 4 is 0 Å². The van der Waals surface area contributed by atoms with Gasteiger partial charge in [-0.15, -0.1) is 0 Å². The summed E-state index contributed by atoms with van der Waals surface area (Å²) >= 11 is 0. The second kappa shape index (κ2) is 17.4. The molecule has 0 bridgehead atoms. The van der Waals surface area contributed by atoms with Crippen molar-refractivity contribution < 1.29 is 0 Å². The molecule has 0 saturated carbocycles. The first kappa shape index (κ1) is 18.3. The lowest BCUT2D eigenvalue weighted by Crippen LogP contribution is -1.94. The molecule has 0 aliphatic rings.